The molecule has 9 aromatic carbocycles. The molecule has 0 aliphatic heterocycles. The Morgan fingerprint density at radius 2 is 0.709 bits per heavy atom. The van der Waals surface area contributed by atoms with E-state index in [1.54, 1.807) is 0 Å². The Hall–Kier alpha value is -8.03. The van der Waals surface area contributed by atoms with Gasteiger partial charge in [0.05, 0.1) is 45.2 Å². The number of fused-ring (bicyclic) bond motifs is 2. The van der Waals surface area contributed by atoms with Crippen molar-refractivity contribution in [2.24, 2.45) is 0 Å². The van der Waals surface area contributed by atoms with Crippen LogP contribution in [0, 0.1) is 0 Å². The van der Waals surface area contributed by atoms with Gasteiger partial charge in [-0.3, -0.25) is 4.90 Å². The van der Waals surface area contributed by atoms with E-state index < -0.39 is 5.54 Å². The summed E-state index contributed by atoms with van der Waals surface area (Å²) in [6, 6.07) is 86.0. The fourth-order valence-corrected chi connectivity index (χ4v) is 10.7. The van der Waals surface area contributed by atoms with Crippen LogP contribution in [0.4, 0.5) is 0 Å². The molecule has 0 radical (unpaired) electrons. The number of hydrogen-bond donors (Lipinski definition) is 1. The first kappa shape index (κ1) is 62.5. The van der Waals surface area contributed by atoms with Gasteiger partial charge in [0.15, 0.2) is 11.2 Å². The van der Waals surface area contributed by atoms with E-state index in [9.17, 15) is 0 Å². The number of unbranched alkanes of at least 4 members (excludes halogenated alkanes) is 2. The van der Waals surface area contributed by atoms with Crippen molar-refractivity contribution in [3.05, 3.63) is 288 Å². The monoisotopic (exact) mass is 1170 g/mol. The summed E-state index contributed by atoms with van der Waals surface area (Å²) in [6.07, 6.45) is 6.61. The molecule has 0 atom stereocenters. The second-order valence-corrected chi connectivity index (χ2v) is 21.1. The smallest absolute Gasteiger partial charge is 0.227 e. The van der Waals surface area contributed by atoms with Crippen LogP contribution in [0.5, 0.6) is 0 Å². The number of aryl methyl sites for hydroxylation is 2. The zero-order valence-electron chi connectivity index (χ0n) is 49.1. The Morgan fingerprint density at radius 3 is 1.14 bits per heavy atom. The first-order chi connectivity index (χ1) is 42.2. The molecule has 0 saturated carbocycles. The summed E-state index contributed by atoms with van der Waals surface area (Å²) >= 11 is 0. The second-order valence-electron chi connectivity index (χ2n) is 21.1. The summed E-state index contributed by atoms with van der Waals surface area (Å²) in [4.78, 5) is 11.7. The zero-order chi connectivity index (χ0) is 57.8. The van der Waals surface area contributed by atoms with Gasteiger partial charge < -0.3 is 33.1 Å². The maximum absolute atomic E-state index is 6.43. The van der Waals surface area contributed by atoms with Crippen molar-refractivity contribution in [1.82, 2.24) is 20.2 Å². The zero-order valence-corrected chi connectivity index (χ0v) is 49.9. The van der Waals surface area contributed by atoms with Crippen LogP contribution in [-0.2, 0) is 50.5 Å². The standard InChI is InChI=1S/C47H46N2O3.C28H32N2O3.ClH/c1-5-17-38(18-6-1)19-15-16-34-50-35-32-49(33-36-51-37-39-28-30-40(31-29-39)46-48-44-26-13-14-27-45(44)52-46)47(41-20-7-2-8-21-41,42-22-9-3-10-23-42)43-24-11-4-12-25-43;1-2-8-23(9-3-1)10-6-7-19-31-20-17-29-18-21-32-22-24-13-15-25(16-14-24)28-30-26-11-4-5-12-27(26)33-28;/h1-14,17-18,20-31H,15-16,19,32-37H2;1-5,8-9,11-16,29H,6-7,10,17-22H2;1H. The van der Waals surface area contributed by atoms with Crippen LogP contribution in [0.1, 0.15) is 64.6 Å². The normalized spacial score (nSPS) is 11.4. The van der Waals surface area contributed by atoms with Gasteiger partial charge >= 0.3 is 0 Å². The molecule has 0 aliphatic carbocycles. The first-order valence-electron chi connectivity index (χ1n) is 30.1. The average molecular weight is 1170 g/mol. The lowest BCUT2D eigenvalue weighted by Crippen LogP contribution is -2.50. The highest BCUT2D eigenvalue weighted by Crippen LogP contribution is 2.42. The van der Waals surface area contributed by atoms with Crippen molar-refractivity contribution < 1.29 is 27.8 Å². The lowest BCUT2D eigenvalue weighted by atomic mass is 9.75. The molecule has 0 bridgehead atoms. The third-order valence-electron chi connectivity index (χ3n) is 15.1. The predicted octanol–water partition coefficient (Wildman–Crippen LogP) is 16.4. The van der Waals surface area contributed by atoms with Crippen LogP contribution in [0.25, 0.3) is 45.1 Å². The van der Waals surface area contributed by atoms with Gasteiger partial charge in [-0.2, -0.15) is 0 Å². The Balaban J connectivity index is 0.000000224. The van der Waals surface area contributed by atoms with Crippen LogP contribution < -0.4 is 5.32 Å². The number of hydrogen-bond acceptors (Lipinski definition) is 10. The molecule has 0 amide bonds. The van der Waals surface area contributed by atoms with Crippen LogP contribution in [0.3, 0.4) is 0 Å². The molecular weight excluding hydrogens is 1090 g/mol. The number of oxazole rings is 2. The van der Waals surface area contributed by atoms with E-state index in [4.69, 9.17) is 27.8 Å². The van der Waals surface area contributed by atoms with Gasteiger partial charge in [0.25, 0.3) is 0 Å². The molecule has 11 aromatic rings. The number of rotatable bonds is 32. The fraction of sp³-hybridized carbons (Fsp3) is 0.253. The molecule has 0 spiro atoms. The average Bonchev–Trinajstić information content (AvgIpc) is 1.22. The number of para-hydroxylation sites is 4. The Bertz CT molecular complexity index is 3440. The molecule has 86 heavy (non-hydrogen) atoms. The molecule has 0 aliphatic rings. The van der Waals surface area contributed by atoms with Crippen molar-refractivity contribution >= 4 is 34.6 Å². The topological polar surface area (TPSA) is 104 Å². The maximum Gasteiger partial charge on any atom is 0.227 e. The highest BCUT2D eigenvalue weighted by atomic mass is 35.5. The summed E-state index contributed by atoms with van der Waals surface area (Å²) in [6.45, 7) is 8.36. The molecule has 0 unspecified atom stereocenters. The van der Waals surface area contributed by atoms with Crippen molar-refractivity contribution in [3.63, 3.8) is 0 Å². The van der Waals surface area contributed by atoms with E-state index in [1.807, 2.05) is 60.7 Å². The number of ether oxygens (including phenoxy) is 4. The third-order valence-corrected chi connectivity index (χ3v) is 15.1. The number of nitrogens with one attached hydrogen (secondary N) is 1. The van der Waals surface area contributed by atoms with Gasteiger partial charge in [0.2, 0.25) is 11.8 Å². The molecular formula is C75H79ClN4O6. The van der Waals surface area contributed by atoms with E-state index in [0.29, 0.717) is 51.4 Å². The minimum atomic E-state index is -0.551. The van der Waals surface area contributed by atoms with E-state index in [2.05, 4.69) is 208 Å². The second kappa shape index (κ2) is 34.2. The van der Waals surface area contributed by atoms with Crippen LogP contribution >= 0.6 is 12.4 Å². The Kier molecular flexibility index (Phi) is 24.9. The van der Waals surface area contributed by atoms with Gasteiger partial charge in [-0.15, -0.1) is 12.4 Å². The summed E-state index contributed by atoms with van der Waals surface area (Å²) < 4.78 is 36.1. The quantitative estimate of drug-likeness (QED) is 0.0324. The van der Waals surface area contributed by atoms with Crippen molar-refractivity contribution in [3.8, 4) is 22.9 Å². The van der Waals surface area contributed by atoms with Crippen molar-refractivity contribution in [2.45, 2.75) is 57.3 Å². The number of aromatic nitrogens is 2. The molecule has 0 fully saturated rings. The summed E-state index contributed by atoms with van der Waals surface area (Å²) in [7, 11) is 0. The van der Waals surface area contributed by atoms with E-state index >= 15 is 0 Å². The lowest BCUT2D eigenvalue weighted by Gasteiger charge is -2.45. The number of halogens is 1. The predicted molar refractivity (Wildman–Crippen MR) is 349 cm³/mol. The minimum Gasteiger partial charge on any atom is -0.436 e. The largest absolute Gasteiger partial charge is 0.436 e. The van der Waals surface area contributed by atoms with Crippen LogP contribution in [0.2, 0.25) is 0 Å². The Morgan fingerprint density at radius 1 is 0.349 bits per heavy atom. The first-order valence-corrected chi connectivity index (χ1v) is 30.1. The van der Waals surface area contributed by atoms with Crippen LogP contribution in [-0.4, -0.2) is 80.7 Å². The summed E-state index contributed by atoms with van der Waals surface area (Å²) in [5.41, 5.74) is 13.4. The van der Waals surface area contributed by atoms with E-state index in [1.165, 1.54) is 34.2 Å². The molecule has 0 saturated heterocycles. The van der Waals surface area contributed by atoms with E-state index in [0.717, 1.165) is 116 Å². The molecule has 442 valence electrons. The number of benzene rings is 9. The minimum absolute atomic E-state index is 0. The number of nitrogens with zero attached hydrogens (tertiary/aromatic N) is 3. The molecule has 11 rings (SSSR count). The molecule has 1 N–H and O–H groups in total. The van der Waals surface area contributed by atoms with E-state index in [-0.39, 0.29) is 12.4 Å². The van der Waals surface area contributed by atoms with Gasteiger partial charge in [-0.25, -0.2) is 9.97 Å². The van der Waals surface area contributed by atoms with Crippen molar-refractivity contribution in [1.29, 1.82) is 0 Å². The van der Waals surface area contributed by atoms with Crippen LogP contribution in [0.15, 0.2) is 258 Å². The lowest BCUT2D eigenvalue weighted by molar-refractivity contribution is 0.0375. The third kappa shape index (κ3) is 18.0. The SMILES string of the molecule is Cl.c1ccc(CCCCOCCN(CCOCc2ccc(-c3nc4ccccc4o3)cc2)C(c2ccccc2)(c2ccccc2)c2ccccc2)cc1.c1ccc(CCCCOCCNCCOCc2ccc(-c3nc4ccccc4o3)cc2)cc1. The van der Waals surface area contributed by atoms with Gasteiger partial charge in [0, 0.05) is 50.5 Å². The highest BCUT2D eigenvalue weighted by molar-refractivity contribution is 5.85. The molecule has 2 heterocycles. The summed E-state index contributed by atoms with van der Waals surface area (Å²) in [5.74, 6) is 1.27. The molecule has 10 nitrogen and oxygen atoms in total. The molecule has 11 heteroatoms. The van der Waals surface area contributed by atoms with Gasteiger partial charge in [0.1, 0.15) is 11.0 Å². The van der Waals surface area contributed by atoms with Gasteiger partial charge in [-0.05, 0) is 126 Å². The van der Waals surface area contributed by atoms with Gasteiger partial charge in [-0.1, -0.05) is 200 Å². The van der Waals surface area contributed by atoms with Crippen molar-refractivity contribution in [2.75, 3.05) is 65.8 Å². The molecule has 2 aromatic heterocycles. The summed E-state index contributed by atoms with van der Waals surface area (Å²) in [5, 5.41) is 3.36. The fourth-order valence-electron chi connectivity index (χ4n) is 10.7. The maximum atomic E-state index is 6.43. The highest BCUT2D eigenvalue weighted by Gasteiger charge is 2.41. The Labute approximate surface area is 513 Å².